The lowest BCUT2D eigenvalue weighted by molar-refractivity contribution is -0.137. The molecule has 0 aromatic heterocycles. The van der Waals surface area contributed by atoms with Crippen LogP contribution in [0.5, 0.6) is 0 Å². The molecule has 0 radical (unpaired) electrons. The van der Waals surface area contributed by atoms with Crippen molar-refractivity contribution in [2.24, 2.45) is 0 Å². The fraction of sp³-hybridized carbons (Fsp3) is 0.407. The number of nitrogens with one attached hydrogen (secondary N) is 1. The monoisotopic (exact) mass is 452 g/mol. The van der Waals surface area contributed by atoms with Crippen LogP contribution in [0.4, 0.5) is 10.1 Å². The summed E-state index contributed by atoms with van der Waals surface area (Å²) in [6, 6.07) is 13.4. The zero-order valence-electron chi connectivity index (χ0n) is 19.9. The van der Waals surface area contributed by atoms with Gasteiger partial charge >= 0.3 is 0 Å². The van der Waals surface area contributed by atoms with Gasteiger partial charge in [-0.15, -0.1) is 0 Å². The molecule has 0 fully saturated rings. The van der Waals surface area contributed by atoms with Crippen molar-refractivity contribution in [1.29, 1.82) is 0 Å². The van der Waals surface area contributed by atoms with Crippen LogP contribution >= 0.6 is 0 Å². The lowest BCUT2D eigenvalue weighted by Crippen LogP contribution is -2.34. The van der Waals surface area contributed by atoms with E-state index in [2.05, 4.69) is 33.0 Å². The van der Waals surface area contributed by atoms with Gasteiger partial charge in [-0.1, -0.05) is 58.4 Å². The Morgan fingerprint density at radius 3 is 2.15 bits per heavy atom. The predicted octanol–water partition coefficient (Wildman–Crippen LogP) is 5.52. The molecule has 1 aliphatic rings. The minimum Gasteiger partial charge on any atom is -0.381 e. The summed E-state index contributed by atoms with van der Waals surface area (Å²) in [7, 11) is 0. The Morgan fingerprint density at radius 2 is 1.55 bits per heavy atom. The quantitative estimate of drug-likeness (QED) is 0.381. The van der Waals surface area contributed by atoms with Gasteiger partial charge in [0.25, 0.3) is 11.8 Å². The molecule has 6 heteroatoms. The van der Waals surface area contributed by atoms with Crippen molar-refractivity contribution in [2.45, 2.75) is 52.4 Å². The molecule has 2 amide bonds. The first-order valence-electron chi connectivity index (χ1n) is 11.5. The summed E-state index contributed by atoms with van der Waals surface area (Å²) < 4.78 is 19.1. The number of unbranched alkanes of at least 4 members (excludes halogenated alkanes) is 1. The Kier molecular flexibility index (Phi) is 8.03. The lowest BCUT2D eigenvalue weighted by Gasteiger charge is -2.19. The van der Waals surface area contributed by atoms with Crippen molar-refractivity contribution in [3.8, 4) is 0 Å². The van der Waals surface area contributed by atoms with Crippen LogP contribution in [0, 0.1) is 5.82 Å². The minimum atomic E-state index is -0.399. The van der Waals surface area contributed by atoms with E-state index in [1.807, 2.05) is 24.3 Å². The summed E-state index contributed by atoms with van der Waals surface area (Å²) in [6.45, 7) is 9.92. The number of benzene rings is 2. The fourth-order valence-electron chi connectivity index (χ4n) is 3.65. The second-order valence-electron chi connectivity index (χ2n) is 9.29. The van der Waals surface area contributed by atoms with Crippen LogP contribution in [0.3, 0.4) is 0 Å². The van der Waals surface area contributed by atoms with Gasteiger partial charge in [0.1, 0.15) is 11.5 Å². The molecule has 0 bridgehead atoms. The fourth-order valence-corrected chi connectivity index (χ4v) is 3.65. The number of halogens is 1. The van der Waals surface area contributed by atoms with Crippen LogP contribution < -0.4 is 5.32 Å². The summed E-state index contributed by atoms with van der Waals surface area (Å²) in [6.07, 6.45) is 2.60. The summed E-state index contributed by atoms with van der Waals surface area (Å²) in [5.74, 6) is -1.16. The number of rotatable bonds is 10. The number of hydrogen-bond donors (Lipinski definition) is 1. The van der Waals surface area contributed by atoms with Gasteiger partial charge in [0.05, 0.1) is 5.57 Å². The molecule has 1 aliphatic heterocycles. The molecular weight excluding hydrogens is 419 g/mol. The van der Waals surface area contributed by atoms with Crippen LogP contribution in [-0.4, -0.2) is 36.5 Å². The first kappa shape index (κ1) is 24.6. The maximum Gasteiger partial charge on any atom is 0.278 e. The molecule has 5 nitrogen and oxygen atoms in total. The average Bonchev–Trinajstić information content (AvgIpc) is 3.00. The molecule has 0 unspecified atom stereocenters. The summed E-state index contributed by atoms with van der Waals surface area (Å²) >= 11 is 0. The highest BCUT2D eigenvalue weighted by Gasteiger charge is 2.38. The SMILES string of the molecule is CCCCOCCCN1C(=O)C(Nc2ccc(C(C)(C)C)cc2)=C(c2ccc(F)cc2)C1=O. The standard InChI is InChI=1S/C27H33FN2O3/c1-5-6-17-33-18-7-16-30-25(31)23(19-8-12-21(28)13-9-19)24(26(30)32)29-22-14-10-20(11-15-22)27(2,3)4/h8-15,29H,5-7,16-18H2,1-4H3. The zero-order chi connectivity index (χ0) is 24.0. The Balaban J connectivity index is 1.83. The number of carbonyl (C=O) groups excluding carboxylic acids is 2. The van der Waals surface area contributed by atoms with Gasteiger partial charge in [0.2, 0.25) is 0 Å². The third-order valence-corrected chi connectivity index (χ3v) is 5.63. The van der Waals surface area contributed by atoms with Gasteiger partial charge < -0.3 is 10.1 Å². The first-order chi connectivity index (χ1) is 15.7. The summed E-state index contributed by atoms with van der Waals surface area (Å²) in [4.78, 5) is 27.7. The number of anilines is 1. The molecule has 3 rings (SSSR count). The van der Waals surface area contributed by atoms with Crippen LogP contribution in [0.25, 0.3) is 5.57 Å². The van der Waals surface area contributed by atoms with Gasteiger partial charge in [0.15, 0.2) is 0 Å². The van der Waals surface area contributed by atoms with E-state index in [0.29, 0.717) is 30.9 Å². The summed E-state index contributed by atoms with van der Waals surface area (Å²) in [5.41, 5.74) is 2.86. The Morgan fingerprint density at radius 1 is 0.909 bits per heavy atom. The third-order valence-electron chi connectivity index (χ3n) is 5.63. The molecule has 0 aliphatic carbocycles. The van der Waals surface area contributed by atoms with E-state index in [1.54, 1.807) is 0 Å². The lowest BCUT2D eigenvalue weighted by atomic mass is 9.87. The number of hydrogen-bond acceptors (Lipinski definition) is 4. The number of imide groups is 1. The molecule has 0 spiro atoms. The van der Waals surface area contributed by atoms with Crippen LogP contribution in [0.1, 0.15) is 58.1 Å². The van der Waals surface area contributed by atoms with E-state index < -0.39 is 5.82 Å². The third kappa shape index (κ3) is 6.08. The minimum absolute atomic E-state index is 0.00616. The number of ether oxygens (including phenoxy) is 1. The van der Waals surface area contributed by atoms with Gasteiger partial charge in [-0.2, -0.15) is 0 Å². The number of nitrogens with zero attached hydrogens (tertiary/aromatic N) is 1. The second-order valence-corrected chi connectivity index (χ2v) is 9.29. The zero-order valence-corrected chi connectivity index (χ0v) is 19.9. The molecule has 0 saturated carbocycles. The van der Waals surface area contributed by atoms with E-state index >= 15 is 0 Å². The van der Waals surface area contributed by atoms with Crippen molar-refractivity contribution in [3.63, 3.8) is 0 Å². The van der Waals surface area contributed by atoms with E-state index in [1.165, 1.54) is 34.7 Å². The van der Waals surface area contributed by atoms with Crippen LogP contribution in [0.15, 0.2) is 54.2 Å². The second kappa shape index (κ2) is 10.8. The Hall–Kier alpha value is -2.99. The van der Waals surface area contributed by atoms with E-state index in [-0.39, 0.29) is 35.0 Å². The normalized spacial score (nSPS) is 14.4. The van der Waals surface area contributed by atoms with Crippen molar-refractivity contribution < 1.29 is 18.7 Å². The highest BCUT2D eigenvalue weighted by molar-refractivity contribution is 6.36. The number of amides is 2. The smallest absolute Gasteiger partial charge is 0.278 e. The summed E-state index contributed by atoms with van der Waals surface area (Å²) in [5, 5.41) is 3.15. The van der Waals surface area contributed by atoms with Crippen molar-refractivity contribution >= 4 is 23.1 Å². The Labute approximate surface area is 195 Å². The van der Waals surface area contributed by atoms with Crippen molar-refractivity contribution in [3.05, 3.63) is 71.2 Å². The molecule has 0 saturated heterocycles. The van der Waals surface area contributed by atoms with Crippen LogP contribution in [-0.2, 0) is 19.7 Å². The maximum atomic E-state index is 13.5. The highest BCUT2D eigenvalue weighted by atomic mass is 19.1. The molecule has 176 valence electrons. The highest BCUT2D eigenvalue weighted by Crippen LogP contribution is 2.31. The van der Waals surface area contributed by atoms with Crippen molar-refractivity contribution in [2.75, 3.05) is 25.1 Å². The van der Waals surface area contributed by atoms with Gasteiger partial charge in [-0.25, -0.2) is 4.39 Å². The maximum absolute atomic E-state index is 13.5. The van der Waals surface area contributed by atoms with Gasteiger partial charge in [0, 0.05) is 25.4 Å². The van der Waals surface area contributed by atoms with E-state index in [4.69, 9.17) is 4.74 Å². The molecule has 33 heavy (non-hydrogen) atoms. The molecular formula is C27H33FN2O3. The Bertz CT molecular complexity index is 1010. The average molecular weight is 453 g/mol. The largest absolute Gasteiger partial charge is 0.381 e. The molecule has 1 N–H and O–H groups in total. The molecule has 1 heterocycles. The van der Waals surface area contributed by atoms with E-state index in [0.717, 1.165) is 12.8 Å². The molecule has 2 aromatic rings. The topological polar surface area (TPSA) is 58.6 Å². The van der Waals surface area contributed by atoms with Gasteiger partial charge in [-0.05, 0) is 53.6 Å². The van der Waals surface area contributed by atoms with Crippen LogP contribution in [0.2, 0.25) is 0 Å². The molecule has 0 atom stereocenters. The first-order valence-corrected chi connectivity index (χ1v) is 11.5. The van der Waals surface area contributed by atoms with Crippen molar-refractivity contribution in [1.82, 2.24) is 4.90 Å². The molecule has 2 aromatic carbocycles. The van der Waals surface area contributed by atoms with Gasteiger partial charge in [-0.3, -0.25) is 14.5 Å². The number of carbonyl (C=O) groups is 2. The predicted molar refractivity (Wildman–Crippen MR) is 129 cm³/mol. The van der Waals surface area contributed by atoms with E-state index in [9.17, 15) is 14.0 Å².